The molecule has 0 radical (unpaired) electrons. The first-order valence-corrected chi connectivity index (χ1v) is 15.4. The maximum atomic E-state index is 14.0. The zero-order valence-corrected chi connectivity index (χ0v) is 26.1. The Morgan fingerprint density at radius 2 is 1.83 bits per heavy atom. The Balaban J connectivity index is 1.38. The van der Waals surface area contributed by atoms with Gasteiger partial charge in [0.15, 0.2) is 4.80 Å². The molecule has 3 aromatic carbocycles. The van der Waals surface area contributed by atoms with Gasteiger partial charge in [-0.3, -0.25) is 19.5 Å². The lowest BCUT2D eigenvalue weighted by Gasteiger charge is -2.22. The zero-order chi connectivity index (χ0) is 32.4. The largest absolute Gasteiger partial charge is 0.489 e. The fourth-order valence-electron chi connectivity index (χ4n) is 5.25. The third-order valence-electron chi connectivity index (χ3n) is 7.54. The molecule has 0 spiro atoms. The number of thiazole rings is 1. The molecule has 0 unspecified atom stereocenters. The smallest absolute Gasteiger partial charge is 0.338 e. The van der Waals surface area contributed by atoms with Gasteiger partial charge in [0.05, 0.1) is 27.3 Å². The van der Waals surface area contributed by atoms with Gasteiger partial charge in [-0.25, -0.2) is 9.79 Å². The molecule has 0 bridgehead atoms. The van der Waals surface area contributed by atoms with Gasteiger partial charge in [-0.1, -0.05) is 59.9 Å². The Morgan fingerprint density at radius 1 is 1.07 bits per heavy atom. The van der Waals surface area contributed by atoms with Crippen LogP contribution in [0.25, 0.3) is 17.4 Å². The maximum absolute atomic E-state index is 14.0. The molecule has 2 aromatic heterocycles. The number of nitro benzene ring substituents is 1. The molecule has 3 heterocycles. The summed E-state index contributed by atoms with van der Waals surface area (Å²) < 4.78 is 19.4. The second kappa shape index (κ2) is 12.8. The SMILES string of the molecule is CCOC(=O)C1=C(C)N=c2s/c(=C\c3ccc(OCc4ccccc4)cc3)c(=O)n2[C@H]1c1ccc(-c2cc([N+](=O)[O-])ccc2C)o1. The van der Waals surface area contributed by atoms with Crippen molar-refractivity contribution < 1.29 is 23.6 Å². The number of ether oxygens (including phenoxy) is 2. The fourth-order valence-corrected chi connectivity index (χ4v) is 6.29. The van der Waals surface area contributed by atoms with E-state index in [9.17, 15) is 19.7 Å². The predicted molar refractivity (Wildman–Crippen MR) is 173 cm³/mol. The number of benzene rings is 3. The van der Waals surface area contributed by atoms with E-state index in [2.05, 4.69) is 4.99 Å². The van der Waals surface area contributed by atoms with Crippen LogP contribution in [0.15, 0.2) is 110 Å². The Morgan fingerprint density at radius 3 is 2.54 bits per heavy atom. The molecule has 11 heteroatoms. The first-order chi connectivity index (χ1) is 22.2. The van der Waals surface area contributed by atoms with Crippen molar-refractivity contribution >= 4 is 29.1 Å². The molecule has 0 N–H and O–H groups in total. The van der Waals surface area contributed by atoms with Crippen LogP contribution in [0.1, 0.15) is 42.3 Å². The molecular formula is C35H29N3O7S. The number of carbonyl (C=O) groups excluding carboxylic acids is 1. The molecule has 5 aromatic rings. The van der Waals surface area contributed by atoms with Gasteiger partial charge in [0, 0.05) is 17.7 Å². The van der Waals surface area contributed by atoms with E-state index in [-0.39, 0.29) is 23.4 Å². The van der Waals surface area contributed by atoms with Crippen molar-refractivity contribution in [2.24, 2.45) is 4.99 Å². The van der Waals surface area contributed by atoms with Gasteiger partial charge >= 0.3 is 5.97 Å². The molecule has 10 nitrogen and oxygen atoms in total. The van der Waals surface area contributed by atoms with Crippen molar-refractivity contribution in [2.75, 3.05) is 6.61 Å². The molecule has 0 saturated heterocycles. The topological polar surface area (TPSA) is 126 Å². The van der Waals surface area contributed by atoms with E-state index in [1.54, 1.807) is 38.1 Å². The monoisotopic (exact) mass is 635 g/mol. The first-order valence-electron chi connectivity index (χ1n) is 14.5. The quantitative estimate of drug-likeness (QED) is 0.113. The molecule has 1 atom stereocenters. The lowest BCUT2D eigenvalue weighted by molar-refractivity contribution is -0.384. The molecule has 232 valence electrons. The number of aromatic nitrogens is 1. The van der Waals surface area contributed by atoms with Crippen LogP contribution >= 0.6 is 11.3 Å². The number of esters is 1. The zero-order valence-electron chi connectivity index (χ0n) is 25.3. The molecule has 1 aliphatic heterocycles. The van der Waals surface area contributed by atoms with E-state index in [0.717, 1.165) is 16.7 Å². The summed E-state index contributed by atoms with van der Waals surface area (Å²) in [5.41, 5.74) is 3.30. The summed E-state index contributed by atoms with van der Waals surface area (Å²) in [7, 11) is 0. The lowest BCUT2D eigenvalue weighted by Crippen LogP contribution is -2.39. The Bertz CT molecular complexity index is 2160. The van der Waals surface area contributed by atoms with Gasteiger partial charge < -0.3 is 13.9 Å². The van der Waals surface area contributed by atoms with Gasteiger partial charge in [-0.05, 0) is 67.8 Å². The van der Waals surface area contributed by atoms with Gasteiger partial charge in [0.25, 0.3) is 11.2 Å². The average Bonchev–Trinajstić information content (AvgIpc) is 3.65. The second-order valence-corrected chi connectivity index (χ2v) is 11.6. The van der Waals surface area contributed by atoms with Gasteiger partial charge in [-0.2, -0.15) is 0 Å². The highest BCUT2D eigenvalue weighted by Crippen LogP contribution is 2.36. The van der Waals surface area contributed by atoms with Crippen LogP contribution < -0.4 is 19.6 Å². The number of allylic oxidation sites excluding steroid dienone is 1. The van der Waals surface area contributed by atoms with Crippen LogP contribution in [-0.4, -0.2) is 22.1 Å². The number of hydrogen-bond acceptors (Lipinski definition) is 9. The number of hydrogen-bond donors (Lipinski definition) is 0. The normalized spacial score (nSPS) is 14.5. The summed E-state index contributed by atoms with van der Waals surface area (Å²) in [4.78, 5) is 43.2. The van der Waals surface area contributed by atoms with E-state index in [1.165, 1.54) is 28.0 Å². The fraction of sp³-hybridized carbons (Fsp3) is 0.171. The minimum atomic E-state index is -0.959. The predicted octanol–water partition coefficient (Wildman–Crippen LogP) is 5.85. The van der Waals surface area contributed by atoms with Crippen LogP contribution in [0.4, 0.5) is 5.69 Å². The Kier molecular flexibility index (Phi) is 8.49. The van der Waals surface area contributed by atoms with Gasteiger partial charge in [-0.15, -0.1) is 0 Å². The number of aryl methyl sites for hydroxylation is 1. The molecule has 0 saturated carbocycles. The van der Waals surface area contributed by atoms with Crippen molar-refractivity contribution in [1.82, 2.24) is 4.57 Å². The van der Waals surface area contributed by atoms with Crippen LogP contribution in [0.5, 0.6) is 5.75 Å². The van der Waals surface area contributed by atoms with Crippen LogP contribution in [0, 0.1) is 17.0 Å². The summed E-state index contributed by atoms with van der Waals surface area (Å²) in [5.74, 6) is 0.750. The summed E-state index contributed by atoms with van der Waals surface area (Å²) in [6, 6.07) is 24.2. The Hall–Kier alpha value is -5.55. The van der Waals surface area contributed by atoms with Crippen molar-refractivity contribution in [3.63, 3.8) is 0 Å². The van der Waals surface area contributed by atoms with Gasteiger partial charge in [0.2, 0.25) is 0 Å². The number of furan rings is 1. The Labute approximate surface area is 267 Å². The molecule has 6 rings (SSSR count). The van der Waals surface area contributed by atoms with E-state index in [0.29, 0.717) is 44.5 Å². The molecule has 0 aliphatic carbocycles. The summed E-state index contributed by atoms with van der Waals surface area (Å²) in [5, 5.41) is 11.4. The first kappa shape index (κ1) is 30.5. The summed E-state index contributed by atoms with van der Waals surface area (Å²) in [6.45, 7) is 5.79. The maximum Gasteiger partial charge on any atom is 0.338 e. The molecule has 46 heavy (non-hydrogen) atoms. The number of non-ortho nitro benzene ring substituents is 1. The summed E-state index contributed by atoms with van der Waals surface area (Å²) >= 11 is 1.20. The number of rotatable bonds is 9. The van der Waals surface area contributed by atoms with Gasteiger partial charge in [0.1, 0.15) is 29.9 Å². The van der Waals surface area contributed by atoms with Crippen molar-refractivity contribution in [1.29, 1.82) is 0 Å². The highest BCUT2D eigenvalue weighted by molar-refractivity contribution is 7.07. The number of carbonyl (C=O) groups is 1. The summed E-state index contributed by atoms with van der Waals surface area (Å²) in [6.07, 6.45) is 1.77. The van der Waals surface area contributed by atoms with E-state index < -0.39 is 16.9 Å². The van der Waals surface area contributed by atoms with E-state index >= 15 is 0 Å². The number of fused-ring (bicyclic) bond motifs is 1. The van der Waals surface area contributed by atoms with E-state index in [1.807, 2.05) is 61.5 Å². The minimum absolute atomic E-state index is 0.0784. The molecule has 1 aliphatic rings. The van der Waals surface area contributed by atoms with Crippen LogP contribution in [0.2, 0.25) is 0 Å². The highest BCUT2D eigenvalue weighted by Gasteiger charge is 2.35. The second-order valence-electron chi connectivity index (χ2n) is 10.6. The minimum Gasteiger partial charge on any atom is -0.489 e. The standard InChI is InChI=1S/C35H29N3O7S/c1-4-43-34(40)31-22(3)36-35-37(32(31)29-17-16-28(45-29)27-19-25(38(41)42)13-10-21(27)2)33(39)30(46-35)18-23-11-14-26(15-12-23)44-20-24-8-6-5-7-9-24/h5-19,32H,4,20H2,1-3H3/b30-18-/t32-/m0/s1. The lowest BCUT2D eigenvalue weighted by atomic mass is 10.0. The van der Waals surface area contributed by atoms with Crippen LogP contribution in [0.3, 0.4) is 0 Å². The highest BCUT2D eigenvalue weighted by atomic mass is 32.1. The number of nitro groups is 1. The van der Waals surface area contributed by atoms with Crippen molar-refractivity contribution in [3.8, 4) is 17.1 Å². The average molecular weight is 636 g/mol. The third-order valence-corrected chi connectivity index (χ3v) is 8.52. The molecular weight excluding hydrogens is 606 g/mol. The van der Waals surface area contributed by atoms with Crippen molar-refractivity contribution in [3.05, 3.63) is 148 Å². The molecule has 0 amide bonds. The molecule has 0 fully saturated rings. The third kappa shape index (κ3) is 6.04. The van der Waals surface area contributed by atoms with Crippen LogP contribution in [-0.2, 0) is 16.1 Å². The van der Waals surface area contributed by atoms with Crippen molar-refractivity contribution in [2.45, 2.75) is 33.4 Å². The van der Waals surface area contributed by atoms with E-state index in [4.69, 9.17) is 13.9 Å². The number of nitrogens with zero attached hydrogens (tertiary/aromatic N) is 3.